The van der Waals surface area contributed by atoms with Crippen LogP contribution in [0.5, 0.6) is 0 Å². The van der Waals surface area contributed by atoms with Crippen molar-refractivity contribution in [2.75, 3.05) is 18.4 Å². The molecule has 1 aromatic heterocycles. The molecule has 3 rings (SSSR count). The number of carbonyl (C=O) groups excluding carboxylic acids is 2. The third-order valence-electron chi connectivity index (χ3n) is 4.15. The predicted octanol–water partition coefficient (Wildman–Crippen LogP) is 0.774. The van der Waals surface area contributed by atoms with Gasteiger partial charge in [-0.1, -0.05) is 0 Å². The number of halogens is 1. The summed E-state index contributed by atoms with van der Waals surface area (Å²) >= 11 is 0. The van der Waals surface area contributed by atoms with E-state index < -0.39 is 23.4 Å². The Kier molecular flexibility index (Phi) is 4.17. The molecule has 4 N–H and O–H groups in total. The number of nitrogens with zero attached hydrogens (tertiary/aromatic N) is 3. The van der Waals surface area contributed by atoms with Gasteiger partial charge in [0.15, 0.2) is 11.4 Å². The summed E-state index contributed by atoms with van der Waals surface area (Å²) in [5.74, 6) is -1.41. The van der Waals surface area contributed by atoms with Gasteiger partial charge in [-0.15, -0.1) is 0 Å². The maximum Gasteiger partial charge on any atom is 0.321 e. The maximum absolute atomic E-state index is 14.3. The van der Waals surface area contributed by atoms with E-state index in [9.17, 15) is 19.1 Å². The first kappa shape index (κ1) is 16.9. The largest absolute Gasteiger partial charge is 0.378 e. The number of benzene rings is 1. The predicted molar refractivity (Wildman–Crippen MR) is 87.6 cm³/mol. The highest BCUT2D eigenvalue weighted by atomic mass is 19.1. The van der Waals surface area contributed by atoms with E-state index in [-0.39, 0.29) is 30.9 Å². The third-order valence-corrected chi connectivity index (χ3v) is 4.15. The van der Waals surface area contributed by atoms with Gasteiger partial charge in [-0.2, -0.15) is 5.10 Å². The van der Waals surface area contributed by atoms with E-state index in [1.807, 2.05) is 6.92 Å². The zero-order valence-corrected chi connectivity index (χ0v) is 13.6. The Balaban J connectivity index is 1.70. The molecular formula is C16H18FN5O3. The highest BCUT2D eigenvalue weighted by Gasteiger charge is 2.43. The molecule has 132 valence electrons. The smallest absolute Gasteiger partial charge is 0.321 e. The van der Waals surface area contributed by atoms with Gasteiger partial charge in [0.25, 0.3) is 5.91 Å². The van der Waals surface area contributed by atoms with Crippen LogP contribution in [-0.2, 0) is 4.79 Å². The molecule has 0 radical (unpaired) electrons. The number of carbonyl (C=O) groups is 2. The van der Waals surface area contributed by atoms with E-state index in [4.69, 9.17) is 5.73 Å². The number of nitrogens with two attached hydrogens (primary N) is 1. The summed E-state index contributed by atoms with van der Waals surface area (Å²) < 4.78 is 15.7. The van der Waals surface area contributed by atoms with Crippen molar-refractivity contribution in [3.8, 4) is 5.69 Å². The molecule has 1 unspecified atom stereocenters. The first-order chi connectivity index (χ1) is 11.8. The second kappa shape index (κ2) is 6.17. The minimum absolute atomic E-state index is 0.0711. The Morgan fingerprint density at radius 1 is 1.44 bits per heavy atom. The second-order valence-corrected chi connectivity index (χ2v) is 6.13. The molecule has 1 fully saturated rings. The molecule has 3 amide bonds. The van der Waals surface area contributed by atoms with Gasteiger partial charge in [0.05, 0.1) is 12.7 Å². The summed E-state index contributed by atoms with van der Waals surface area (Å²) in [7, 11) is 0. The number of hydrogen-bond donors (Lipinski definition) is 3. The van der Waals surface area contributed by atoms with Crippen molar-refractivity contribution in [1.29, 1.82) is 0 Å². The normalized spacial score (nSPS) is 19.9. The molecule has 0 aliphatic carbocycles. The summed E-state index contributed by atoms with van der Waals surface area (Å²) in [6, 6.07) is 3.69. The summed E-state index contributed by atoms with van der Waals surface area (Å²) in [6.07, 6.45) is 3.37. The van der Waals surface area contributed by atoms with Crippen molar-refractivity contribution in [3.63, 3.8) is 0 Å². The van der Waals surface area contributed by atoms with Crippen LogP contribution in [0, 0.1) is 12.7 Å². The Morgan fingerprint density at radius 3 is 2.76 bits per heavy atom. The molecule has 25 heavy (non-hydrogen) atoms. The fraction of sp³-hybridized carbons (Fsp3) is 0.312. The number of rotatable bonds is 3. The van der Waals surface area contributed by atoms with Crippen molar-refractivity contribution >= 4 is 17.6 Å². The van der Waals surface area contributed by atoms with E-state index in [0.717, 1.165) is 5.56 Å². The van der Waals surface area contributed by atoms with Crippen LogP contribution in [0.25, 0.3) is 5.69 Å². The van der Waals surface area contributed by atoms with Gasteiger partial charge in [0, 0.05) is 24.8 Å². The summed E-state index contributed by atoms with van der Waals surface area (Å²) in [4.78, 5) is 24.7. The lowest BCUT2D eigenvalue weighted by molar-refractivity contribution is -0.134. The van der Waals surface area contributed by atoms with Crippen LogP contribution in [-0.4, -0.2) is 50.4 Å². The number of primary amides is 1. The van der Waals surface area contributed by atoms with E-state index in [0.29, 0.717) is 0 Å². The first-order valence-electron chi connectivity index (χ1n) is 7.68. The quantitative estimate of drug-likeness (QED) is 0.761. The highest BCUT2D eigenvalue weighted by Crippen LogP contribution is 2.23. The van der Waals surface area contributed by atoms with E-state index >= 15 is 0 Å². The molecule has 0 bridgehead atoms. The van der Waals surface area contributed by atoms with Gasteiger partial charge in [-0.25, -0.2) is 13.9 Å². The van der Waals surface area contributed by atoms with Gasteiger partial charge < -0.3 is 21.1 Å². The highest BCUT2D eigenvalue weighted by molar-refractivity contribution is 5.91. The Bertz CT molecular complexity index is 837. The topological polar surface area (TPSA) is 113 Å². The molecule has 2 heterocycles. The molecule has 1 aliphatic rings. The van der Waals surface area contributed by atoms with Gasteiger partial charge in [-0.05, 0) is 30.7 Å². The van der Waals surface area contributed by atoms with Crippen molar-refractivity contribution in [3.05, 3.63) is 42.0 Å². The number of β-amino-alcohol motifs (C(OH)–C–C–N with tert-alkyl or cyclic N) is 1. The Morgan fingerprint density at radius 2 is 2.20 bits per heavy atom. The SMILES string of the molecule is Cc1cnn(-c2ccc(NC(=O)N3CCC(O)(C(N)=O)C3)cc2F)c1. The lowest BCUT2D eigenvalue weighted by atomic mass is 10.0. The Labute approximate surface area is 143 Å². The fourth-order valence-corrected chi connectivity index (χ4v) is 2.69. The zero-order valence-electron chi connectivity index (χ0n) is 13.6. The zero-order chi connectivity index (χ0) is 18.2. The average Bonchev–Trinajstić information content (AvgIpc) is 3.15. The van der Waals surface area contributed by atoms with Gasteiger partial charge in [-0.3, -0.25) is 4.79 Å². The average molecular weight is 347 g/mol. The second-order valence-electron chi connectivity index (χ2n) is 6.13. The van der Waals surface area contributed by atoms with Gasteiger partial charge in [0.2, 0.25) is 0 Å². The van der Waals surface area contributed by atoms with Crippen LogP contribution in [0.4, 0.5) is 14.9 Å². The van der Waals surface area contributed by atoms with Crippen molar-refractivity contribution < 1.29 is 19.1 Å². The Hall–Kier alpha value is -2.94. The molecule has 1 aliphatic heterocycles. The summed E-state index contributed by atoms with van der Waals surface area (Å²) in [6.45, 7) is 1.83. The first-order valence-corrected chi connectivity index (χ1v) is 7.68. The van der Waals surface area contributed by atoms with Crippen LogP contribution in [0.3, 0.4) is 0 Å². The van der Waals surface area contributed by atoms with Crippen LogP contribution in [0.1, 0.15) is 12.0 Å². The molecule has 8 nitrogen and oxygen atoms in total. The fourth-order valence-electron chi connectivity index (χ4n) is 2.69. The number of anilines is 1. The molecule has 9 heteroatoms. The van der Waals surface area contributed by atoms with Crippen molar-refractivity contribution in [1.82, 2.24) is 14.7 Å². The minimum Gasteiger partial charge on any atom is -0.378 e. The minimum atomic E-state index is -1.72. The molecular weight excluding hydrogens is 329 g/mol. The molecule has 0 spiro atoms. The summed E-state index contributed by atoms with van der Waals surface area (Å²) in [5, 5.41) is 16.6. The van der Waals surface area contributed by atoms with Crippen LogP contribution in [0.2, 0.25) is 0 Å². The number of aromatic nitrogens is 2. The number of nitrogens with one attached hydrogen (secondary N) is 1. The monoisotopic (exact) mass is 347 g/mol. The summed E-state index contributed by atoms with van der Waals surface area (Å²) in [5.41, 5.74) is 4.83. The molecule has 0 saturated carbocycles. The van der Waals surface area contributed by atoms with Crippen LogP contribution in [0.15, 0.2) is 30.6 Å². The molecule has 1 atom stereocenters. The number of likely N-dealkylation sites (tertiary alicyclic amines) is 1. The number of urea groups is 1. The lowest BCUT2D eigenvalue weighted by Gasteiger charge is -2.20. The van der Waals surface area contributed by atoms with Gasteiger partial charge >= 0.3 is 6.03 Å². The maximum atomic E-state index is 14.3. The lowest BCUT2D eigenvalue weighted by Crippen LogP contribution is -2.47. The van der Waals surface area contributed by atoms with E-state index in [2.05, 4.69) is 10.4 Å². The van der Waals surface area contributed by atoms with Crippen molar-refractivity contribution in [2.24, 2.45) is 5.73 Å². The van der Waals surface area contributed by atoms with Crippen molar-refractivity contribution in [2.45, 2.75) is 18.9 Å². The number of aliphatic hydroxyl groups is 1. The molecule has 2 aromatic rings. The molecule has 1 aromatic carbocycles. The standard InChI is InChI=1S/C16H18FN5O3/c1-10-7-19-22(8-10)13-3-2-11(6-12(13)17)20-15(24)21-5-4-16(25,9-21)14(18)23/h2-3,6-8,25H,4-5,9H2,1H3,(H2,18,23)(H,20,24). The van der Waals surface area contributed by atoms with E-state index in [1.54, 1.807) is 18.5 Å². The third kappa shape index (κ3) is 3.31. The van der Waals surface area contributed by atoms with Crippen LogP contribution < -0.4 is 11.1 Å². The molecule has 1 saturated heterocycles. The van der Waals surface area contributed by atoms with Crippen LogP contribution >= 0.6 is 0 Å². The van der Waals surface area contributed by atoms with Gasteiger partial charge in [0.1, 0.15) is 5.69 Å². The number of amides is 3. The number of hydrogen-bond acceptors (Lipinski definition) is 4. The number of aryl methyl sites for hydroxylation is 1. The van der Waals surface area contributed by atoms with E-state index in [1.165, 1.54) is 21.7 Å².